The average molecular weight is 884 g/mol. The summed E-state index contributed by atoms with van der Waals surface area (Å²) in [4.78, 5) is 0. The van der Waals surface area contributed by atoms with E-state index >= 15 is 0 Å². The Kier molecular flexibility index (Phi) is 43.4. The number of aromatic nitrogens is 2. The van der Waals surface area contributed by atoms with Crippen molar-refractivity contribution < 1.29 is 18.5 Å². The number of halogens is 2. The third-order valence-corrected chi connectivity index (χ3v) is 8.87. The quantitative estimate of drug-likeness (QED) is 0.0394. The van der Waals surface area contributed by atoms with E-state index in [2.05, 4.69) is 134 Å². The average Bonchev–Trinajstić information content (AvgIpc) is 3.84. The molecule has 280 valence electrons. The van der Waals surface area contributed by atoms with Gasteiger partial charge in [-0.25, -0.2) is 0 Å². The summed E-state index contributed by atoms with van der Waals surface area (Å²) in [6.45, 7) is 9.13. The number of allylic oxidation sites excluding steroid dienone is 4. The van der Waals surface area contributed by atoms with Crippen LogP contribution in [0.5, 0.6) is 0 Å². The Morgan fingerprint density at radius 1 is 0.408 bits per heavy atom. The maximum absolute atomic E-state index is 3.23. The van der Waals surface area contributed by atoms with E-state index < -0.39 is 0 Å². The molecule has 2 heterocycles. The predicted octanol–water partition coefficient (Wildman–Crippen LogP) is 16.8. The Bertz CT molecular complexity index is 807. The summed E-state index contributed by atoms with van der Waals surface area (Å²) in [6.07, 6.45) is 56.2. The van der Waals surface area contributed by atoms with Crippen LogP contribution in [-0.2, 0) is 18.5 Å². The normalized spacial score (nSPS) is 10.9. The summed E-state index contributed by atoms with van der Waals surface area (Å²) in [5.74, 6) is 0. The van der Waals surface area contributed by atoms with Crippen LogP contribution in [0.15, 0.2) is 73.4 Å². The van der Waals surface area contributed by atoms with Gasteiger partial charge in [0.1, 0.15) is 0 Å². The first-order valence-corrected chi connectivity index (χ1v) is 31.7. The van der Waals surface area contributed by atoms with Crippen molar-refractivity contribution in [3.8, 4) is 0 Å². The molecule has 0 aliphatic carbocycles. The van der Waals surface area contributed by atoms with Gasteiger partial charge in [-0.1, -0.05) is 167 Å². The van der Waals surface area contributed by atoms with Gasteiger partial charge in [0.25, 0.3) is 0 Å². The monoisotopic (exact) mass is 880 g/mol. The van der Waals surface area contributed by atoms with E-state index in [0.29, 0.717) is 0 Å². The van der Waals surface area contributed by atoms with E-state index in [9.17, 15) is 0 Å². The number of hydrogen-bond acceptors (Lipinski definition) is 0. The van der Waals surface area contributed by atoms with Crippen LogP contribution in [0.25, 0.3) is 0 Å². The van der Waals surface area contributed by atoms with Crippen LogP contribution in [0.3, 0.4) is 0 Å². The van der Waals surface area contributed by atoms with Gasteiger partial charge < -0.3 is 9.13 Å². The van der Waals surface area contributed by atoms with Crippen LogP contribution >= 0.6 is 24.4 Å². The van der Waals surface area contributed by atoms with E-state index in [1.54, 1.807) is 0 Å². The third-order valence-electron chi connectivity index (χ3n) is 8.87. The fourth-order valence-corrected chi connectivity index (χ4v) is 5.85. The van der Waals surface area contributed by atoms with Crippen molar-refractivity contribution >= 4 is 24.4 Å². The Labute approximate surface area is 329 Å². The van der Waals surface area contributed by atoms with Crippen molar-refractivity contribution in [2.75, 3.05) is 0 Å². The van der Waals surface area contributed by atoms with Gasteiger partial charge in [0.15, 0.2) is 0 Å². The van der Waals surface area contributed by atoms with Gasteiger partial charge in [-0.05, 0) is 51.4 Å². The van der Waals surface area contributed by atoms with Crippen LogP contribution in [0.4, 0.5) is 0 Å². The second-order valence-corrected chi connectivity index (χ2v) is 24.8. The van der Waals surface area contributed by atoms with E-state index in [-0.39, 0.29) is 18.5 Å². The molecule has 2 rings (SSSR count). The SMILES string of the molecule is CCCCCCCC/C=C\CCCCCCC[CH-]n1cccc1.CCCCCCCC/C=C\CCCCCCC[CH-]n1cccc1.[Br][Zr+2][Br]. The minimum atomic E-state index is -0.145. The first-order chi connectivity index (χ1) is 24.3. The number of hydrogen-bond donors (Lipinski definition) is 0. The molecule has 49 heavy (non-hydrogen) atoms. The van der Waals surface area contributed by atoms with Crippen LogP contribution in [0, 0.1) is 13.1 Å². The molecule has 0 bridgehead atoms. The predicted molar refractivity (Wildman–Crippen MR) is 225 cm³/mol. The molecule has 0 radical (unpaired) electrons. The van der Waals surface area contributed by atoms with Crippen LogP contribution in [0.2, 0.25) is 0 Å². The molecule has 0 unspecified atom stereocenters. The van der Waals surface area contributed by atoms with Crippen LogP contribution in [0.1, 0.15) is 194 Å². The molecule has 0 amide bonds. The zero-order chi connectivity index (χ0) is 35.6. The summed E-state index contributed by atoms with van der Waals surface area (Å²) in [5, 5.41) is 0. The molecule has 0 saturated carbocycles. The Hall–Kier alpha value is -0.377. The standard InChI is InChI=1S/2C22H38N.2BrH.Zr/c2*1-2-3-4-5-6-7-8-9-10-11-12-13-14-15-16-17-20-23-21-18-19-22-23;;;/h2*9-10,18-22H,2-8,11-17H2,1H3;2*1H;/q2*-1;;;+4/p-2/b2*10-9-;;;. The van der Waals surface area contributed by atoms with Crippen molar-refractivity contribution in [1.29, 1.82) is 0 Å². The summed E-state index contributed by atoms with van der Waals surface area (Å²) in [6, 6.07) is 8.32. The second kappa shape index (κ2) is 43.8. The van der Waals surface area contributed by atoms with E-state index in [0.717, 1.165) is 0 Å². The summed E-state index contributed by atoms with van der Waals surface area (Å²) in [7, 11) is 0. The van der Waals surface area contributed by atoms with Crippen molar-refractivity contribution in [2.45, 2.75) is 194 Å². The van der Waals surface area contributed by atoms with Crippen molar-refractivity contribution in [3.63, 3.8) is 0 Å². The Balaban J connectivity index is 0.000000870. The Morgan fingerprint density at radius 2 is 0.653 bits per heavy atom. The summed E-state index contributed by atoms with van der Waals surface area (Å²) in [5.41, 5.74) is 0. The van der Waals surface area contributed by atoms with E-state index in [4.69, 9.17) is 0 Å². The number of unbranched alkanes of at least 4 members (excludes halogenated alkanes) is 24. The van der Waals surface area contributed by atoms with Crippen molar-refractivity contribution in [3.05, 3.63) is 86.4 Å². The number of rotatable bonds is 32. The van der Waals surface area contributed by atoms with Gasteiger partial charge in [-0.15, -0.1) is 62.1 Å². The van der Waals surface area contributed by atoms with Crippen molar-refractivity contribution in [2.24, 2.45) is 0 Å². The molecule has 0 atom stereocenters. The summed E-state index contributed by atoms with van der Waals surface area (Å²) >= 11 is 6.32. The second-order valence-electron chi connectivity index (χ2n) is 13.4. The van der Waals surface area contributed by atoms with Crippen LogP contribution in [-0.4, -0.2) is 9.13 Å². The van der Waals surface area contributed by atoms with Crippen LogP contribution < -0.4 is 0 Å². The fraction of sp³-hybridized carbons (Fsp3) is 0.682. The zero-order valence-electron chi connectivity index (χ0n) is 32.0. The zero-order valence-corrected chi connectivity index (χ0v) is 37.7. The first kappa shape index (κ1) is 48.6. The molecule has 2 nitrogen and oxygen atoms in total. The fourth-order valence-electron chi connectivity index (χ4n) is 5.85. The molecule has 0 spiro atoms. The molecular formula is C44H76Br2N2Zr. The van der Waals surface area contributed by atoms with Gasteiger partial charge >= 0.3 is 43.0 Å². The van der Waals surface area contributed by atoms with E-state index in [1.807, 2.05) is 0 Å². The van der Waals surface area contributed by atoms with Gasteiger partial charge in [-0.3, -0.25) is 0 Å². The van der Waals surface area contributed by atoms with Gasteiger partial charge in [0.2, 0.25) is 0 Å². The van der Waals surface area contributed by atoms with Gasteiger partial charge in [-0.2, -0.15) is 0 Å². The molecule has 0 aliphatic heterocycles. The Morgan fingerprint density at radius 3 is 0.939 bits per heavy atom. The van der Waals surface area contributed by atoms with Gasteiger partial charge in [0.05, 0.1) is 0 Å². The molecular weight excluding hydrogens is 808 g/mol. The molecule has 2 aromatic heterocycles. The molecule has 0 saturated heterocycles. The molecule has 0 aliphatic rings. The molecule has 0 N–H and O–H groups in total. The topological polar surface area (TPSA) is 9.86 Å². The molecule has 5 heteroatoms. The summed E-state index contributed by atoms with van der Waals surface area (Å²) < 4.78 is 4.32. The maximum atomic E-state index is 3.23. The third kappa shape index (κ3) is 40.3. The van der Waals surface area contributed by atoms with E-state index in [1.165, 1.54) is 180 Å². The minimum absolute atomic E-state index is 0.145. The molecule has 2 aromatic rings. The molecule has 0 aromatic carbocycles. The first-order valence-electron chi connectivity index (χ1n) is 20.5. The number of nitrogens with zero attached hydrogens (tertiary/aromatic N) is 2. The molecule has 0 fully saturated rings. The van der Waals surface area contributed by atoms with Gasteiger partial charge in [0, 0.05) is 0 Å². The van der Waals surface area contributed by atoms with Crippen molar-refractivity contribution in [1.82, 2.24) is 9.13 Å².